The summed E-state index contributed by atoms with van der Waals surface area (Å²) in [5.41, 5.74) is -0.433. The molecule has 2 fully saturated rings. The van der Waals surface area contributed by atoms with Gasteiger partial charge in [-0.3, -0.25) is 0 Å². The highest BCUT2D eigenvalue weighted by molar-refractivity contribution is 5.01. The maximum absolute atomic E-state index is 9.67. The molecule has 4 atom stereocenters. The summed E-state index contributed by atoms with van der Waals surface area (Å²) in [7, 11) is 0. The molecule has 0 saturated carbocycles. The molecule has 0 aromatic heterocycles. The van der Waals surface area contributed by atoms with E-state index >= 15 is 0 Å². The highest BCUT2D eigenvalue weighted by Gasteiger charge is 2.59. The average molecular weight is 202 g/mol. The summed E-state index contributed by atoms with van der Waals surface area (Å²) >= 11 is 0. The van der Waals surface area contributed by atoms with Crippen molar-refractivity contribution in [3.8, 4) is 0 Å². The topological polar surface area (TPSA) is 47.9 Å². The molecule has 4 heteroatoms. The van der Waals surface area contributed by atoms with Gasteiger partial charge in [0, 0.05) is 0 Å². The number of aliphatic hydroxyl groups is 1. The van der Waals surface area contributed by atoms with Crippen LogP contribution in [0.3, 0.4) is 0 Å². The Morgan fingerprint density at radius 1 is 1.14 bits per heavy atom. The third-order valence-electron chi connectivity index (χ3n) is 3.10. The van der Waals surface area contributed by atoms with Crippen molar-refractivity contribution in [2.45, 2.75) is 64.0 Å². The van der Waals surface area contributed by atoms with E-state index in [1.54, 1.807) is 0 Å². The van der Waals surface area contributed by atoms with Gasteiger partial charge in [-0.05, 0) is 27.2 Å². The second kappa shape index (κ2) is 2.92. The van der Waals surface area contributed by atoms with Crippen LogP contribution in [0.25, 0.3) is 0 Å². The van der Waals surface area contributed by atoms with E-state index in [9.17, 15) is 5.11 Å². The van der Waals surface area contributed by atoms with Crippen LogP contribution in [0.5, 0.6) is 0 Å². The molecule has 1 N–H and O–H groups in total. The first kappa shape index (κ1) is 10.4. The van der Waals surface area contributed by atoms with Gasteiger partial charge >= 0.3 is 0 Å². The lowest BCUT2D eigenvalue weighted by Gasteiger charge is -2.29. The Bertz CT molecular complexity index is 240. The van der Waals surface area contributed by atoms with Gasteiger partial charge in [0.1, 0.15) is 12.2 Å². The molecule has 2 aliphatic rings. The lowest BCUT2D eigenvalue weighted by molar-refractivity contribution is -0.240. The van der Waals surface area contributed by atoms with E-state index in [2.05, 4.69) is 0 Å². The molecule has 0 amide bonds. The van der Waals surface area contributed by atoms with Gasteiger partial charge in [0.05, 0.1) is 5.60 Å². The molecule has 14 heavy (non-hydrogen) atoms. The summed E-state index contributed by atoms with van der Waals surface area (Å²) in [5.74, 6) is -0.615. The van der Waals surface area contributed by atoms with Gasteiger partial charge in [0.25, 0.3) is 0 Å². The van der Waals surface area contributed by atoms with Crippen LogP contribution in [0.2, 0.25) is 0 Å². The number of rotatable bonds is 1. The Kier molecular flexibility index (Phi) is 2.16. The Balaban J connectivity index is 2.23. The lowest BCUT2D eigenvalue weighted by atomic mass is 9.95. The van der Waals surface area contributed by atoms with Crippen LogP contribution >= 0.6 is 0 Å². The number of hydrogen-bond donors (Lipinski definition) is 1. The monoisotopic (exact) mass is 202 g/mol. The maximum atomic E-state index is 9.67. The minimum absolute atomic E-state index is 0.169. The van der Waals surface area contributed by atoms with Crippen molar-refractivity contribution in [1.82, 2.24) is 0 Å². The largest absolute Gasteiger partial charge is 0.366 e. The number of aliphatic hydroxyl groups excluding tert-OH is 1. The predicted octanol–water partition coefficient (Wildman–Crippen LogP) is 1.02. The van der Waals surface area contributed by atoms with Gasteiger partial charge in [-0.25, -0.2) is 0 Å². The van der Waals surface area contributed by atoms with E-state index in [0.29, 0.717) is 0 Å². The summed E-state index contributed by atoms with van der Waals surface area (Å²) in [6.07, 6.45) is -0.593. The van der Waals surface area contributed by atoms with E-state index in [1.807, 2.05) is 27.7 Å². The fourth-order valence-corrected chi connectivity index (χ4v) is 2.16. The highest BCUT2D eigenvalue weighted by Crippen LogP contribution is 2.44. The van der Waals surface area contributed by atoms with Gasteiger partial charge < -0.3 is 19.3 Å². The summed E-state index contributed by atoms with van der Waals surface area (Å²) in [6.45, 7) is 7.68. The molecule has 2 saturated heterocycles. The van der Waals surface area contributed by atoms with Crippen molar-refractivity contribution in [2.24, 2.45) is 0 Å². The molecule has 82 valence electrons. The molecule has 1 unspecified atom stereocenters. The zero-order chi connectivity index (χ0) is 10.6. The SMILES string of the molecule is CC[C@@]1(C)OC(O)[C@@H]2OC(C)(C)O[C@@H]21. The molecule has 4 nitrogen and oxygen atoms in total. The third-order valence-corrected chi connectivity index (χ3v) is 3.10. The number of ether oxygens (including phenoxy) is 3. The van der Waals surface area contributed by atoms with Crippen LogP contribution in [0, 0.1) is 0 Å². The van der Waals surface area contributed by atoms with Gasteiger partial charge in [0.15, 0.2) is 12.1 Å². The molecular formula is C10H18O4. The highest BCUT2D eigenvalue weighted by atomic mass is 16.8. The van der Waals surface area contributed by atoms with Crippen molar-refractivity contribution in [3.63, 3.8) is 0 Å². The van der Waals surface area contributed by atoms with Crippen LogP contribution in [0.1, 0.15) is 34.1 Å². The first-order chi connectivity index (χ1) is 6.38. The van der Waals surface area contributed by atoms with E-state index < -0.39 is 17.7 Å². The molecule has 0 spiro atoms. The van der Waals surface area contributed by atoms with Crippen molar-refractivity contribution in [1.29, 1.82) is 0 Å². The van der Waals surface area contributed by atoms with Crippen molar-refractivity contribution < 1.29 is 19.3 Å². The number of fused-ring (bicyclic) bond motifs is 1. The van der Waals surface area contributed by atoms with E-state index in [4.69, 9.17) is 14.2 Å². The van der Waals surface area contributed by atoms with E-state index in [0.717, 1.165) is 6.42 Å². The fraction of sp³-hybridized carbons (Fsp3) is 1.00. The lowest BCUT2D eigenvalue weighted by Crippen LogP contribution is -2.39. The average Bonchev–Trinajstić information content (AvgIpc) is 2.50. The molecule has 0 aromatic carbocycles. The van der Waals surface area contributed by atoms with Crippen LogP contribution in [0.4, 0.5) is 0 Å². The minimum Gasteiger partial charge on any atom is -0.366 e. The predicted molar refractivity (Wildman–Crippen MR) is 49.6 cm³/mol. The Morgan fingerprint density at radius 2 is 1.79 bits per heavy atom. The molecule has 2 aliphatic heterocycles. The first-order valence-electron chi connectivity index (χ1n) is 5.09. The zero-order valence-electron chi connectivity index (χ0n) is 9.11. The van der Waals surface area contributed by atoms with Gasteiger partial charge in [0.2, 0.25) is 0 Å². The molecule has 0 aromatic rings. The molecule has 0 aliphatic carbocycles. The quantitative estimate of drug-likeness (QED) is 0.689. The summed E-state index contributed by atoms with van der Waals surface area (Å²) in [6, 6.07) is 0. The fourth-order valence-electron chi connectivity index (χ4n) is 2.16. The van der Waals surface area contributed by atoms with Gasteiger partial charge in [-0.15, -0.1) is 0 Å². The summed E-state index contributed by atoms with van der Waals surface area (Å²) < 4.78 is 16.8. The normalized spacial score (nSPS) is 50.8. The zero-order valence-corrected chi connectivity index (χ0v) is 9.11. The maximum Gasteiger partial charge on any atom is 0.184 e. The Hall–Kier alpha value is -0.160. The Labute approximate surface area is 84.1 Å². The van der Waals surface area contributed by atoms with Gasteiger partial charge in [-0.2, -0.15) is 0 Å². The second-order valence-electron chi connectivity index (χ2n) is 4.70. The smallest absolute Gasteiger partial charge is 0.184 e. The van der Waals surface area contributed by atoms with Crippen LogP contribution in [-0.4, -0.2) is 35.0 Å². The minimum atomic E-state index is -0.869. The third kappa shape index (κ3) is 1.37. The molecule has 2 rings (SSSR count). The van der Waals surface area contributed by atoms with Crippen molar-refractivity contribution in [3.05, 3.63) is 0 Å². The van der Waals surface area contributed by atoms with E-state index in [-0.39, 0.29) is 12.2 Å². The van der Waals surface area contributed by atoms with Crippen molar-refractivity contribution in [2.75, 3.05) is 0 Å². The van der Waals surface area contributed by atoms with Crippen molar-refractivity contribution >= 4 is 0 Å². The number of hydrogen-bond acceptors (Lipinski definition) is 4. The molecule has 0 bridgehead atoms. The van der Waals surface area contributed by atoms with Crippen LogP contribution in [0.15, 0.2) is 0 Å². The molecule has 0 radical (unpaired) electrons. The second-order valence-corrected chi connectivity index (χ2v) is 4.70. The van der Waals surface area contributed by atoms with Crippen LogP contribution in [-0.2, 0) is 14.2 Å². The summed E-state index contributed by atoms with van der Waals surface area (Å²) in [5, 5.41) is 9.67. The molecule has 2 heterocycles. The molecular weight excluding hydrogens is 184 g/mol. The van der Waals surface area contributed by atoms with E-state index in [1.165, 1.54) is 0 Å². The summed E-state index contributed by atoms with van der Waals surface area (Å²) in [4.78, 5) is 0. The first-order valence-corrected chi connectivity index (χ1v) is 5.09. The Morgan fingerprint density at radius 3 is 2.36 bits per heavy atom. The van der Waals surface area contributed by atoms with Gasteiger partial charge in [-0.1, -0.05) is 6.92 Å². The standard InChI is InChI=1S/C10H18O4/c1-5-10(4)7-6(8(11)14-10)12-9(2,3)13-7/h6-8,11H,5H2,1-4H3/t6-,7+,8?,10-/m1/s1. The van der Waals surface area contributed by atoms with Crippen LogP contribution < -0.4 is 0 Å².